The Balaban J connectivity index is 1.87. The van der Waals surface area contributed by atoms with Crippen LogP contribution < -0.4 is 5.32 Å². The number of halogens is 1. The Morgan fingerprint density at radius 1 is 1.29 bits per heavy atom. The third kappa shape index (κ3) is 4.16. The Morgan fingerprint density at radius 2 is 1.95 bits per heavy atom. The van der Waals surface area contributed by atoms with Crippen molar-refractivity contribution in [3.63, 3.8) is 0 Å². The molecule has 0 atom stereocenters. The van der Waals surface area contributed by atoms with E-state index in [9.17, 15) is 14.0 Å². The van der Waals surface area contributed by atoms with Crippen molar-refractivity contribution >= 4 is 17.7 Å². The number of amides is 2. The molecule has 1 heterocycles. The Bertz CT molecular complexity index is 542. The van der Waals surface area contributed by atoms with Gasteiger partial charge in [0.25, 0.3) is 0 Å². The summed E-state index contributed by atoms with van der Waals surface area (Å²) in [6.45, 7) is 3.63. The van der Waals surface area contributed by atoms with E-state index in [4.69, 9.17) is 5.11 Å². The zero-order valence-electron chi connectivity index (χ0n) is 11.8. The van der Waals surface area contributed by atoms with Crippen molar-refractivity contribution in [1.29, 1.82) is 0 Å². The van der Waals surface area contributed by atoms with Crippen LogP contribution in [0.4, 0.5) is 14.9 Å². The van der Waals surface area contributed by atoms with E-state index >= 15 is 0 Å². The number of piperazine rings is 1. The van der Waals surface area contributed by atoms with Crippen molar-refractivity contribution in [1.82, 2.24) is 9.80 Å². The number of nitrogens with one attached hydrogen (secondary N) is 1. The van der Waals surface area contributed by atoms with Crippen LogP contribution in [-0.2, 0) is 4.79 Å². The van der Waals surface area contributed by atoms with Crippen LogP contribution in [0.2, 0.25) is 0 Å². The lowest BCUT2D eigenvalue weighted by Crippen LogP contribution is -2.51. The van der Waals surface area contributed by atoms with Crippen LogP contribution in [0.25, 0.3) is 0 Å². The van der Waals surface area contributed by atoms with E-state index in [1.54, 1.807) is 22.8 Å². The molecule has 0 bridgehead atoms. The van der Waals surface area contributed by atoms with Crippen molar-refractivity contribution in [3.8, 4) is 0 Å². The smallest absolute Gasteiger partial charge is 0.321 e. The Labute approximate surface area is 122 Å². The lowest BCUT2D eigenvalue weighted by molar-refractivity contribution is -0.138. The summed E-state index contributed by atoms with van der Waals surface area (Å²) < 4.78 is 13.2. The molecule has 7 heteroatoms. The Hall–Kier alpha value is -2.15. The minimum Gasteiger partial charge on any atom is -0.480 e. The van der Waals surface area contributed by atoms with Crippen LogP contribution in [0, 0.1) is 12.7 Å². The van der Waals surface area contributed by atoms with Gasteiger partial charge in [0.15, 0.2) is 0 Å². The van der Waals surface area contributed by atoms with Crippen molar-refractivity contribution in [2.45, 2.75) is 6.92 Å². The number of anilines is 1. The molecule has 0 saturated carbocycles. The fourth-order valence-corrected chi connectivity index (χ4v) is 2.23. The largest absolute Gasteiger partial charge is 0.480 e. The van der Waals surface area contributed by atoms with E-state index in [1.165, 1.54) is 12.1 Å². The first-order valence-corrected chi connectivity index (χ1v) is 6.72. The highest BCUT2D eigenvalue weighted by Gasteiger charge is 2.22. The number of rotatable bonds is 3. The molecule has 114 valence electrons. The molecule has 1 saturated heterocycles. The second-order valence-electron chi connectivity index (χ2n) is 5.05. The van der Waals surface area contributed by atoms with E-state index in [0.717, 1.165) is 0 Å². The molecule has 1 fully saturated rings. The number of hydrogen-bond acceptors (Lipinski definition) is 3. The van der Waals surface area contributed by atoms with Crippen LogP contribution in [0.1, 0.15) is 5.56 Å². The van der Waals surface area contributed by atoms with Gasteiger partial charge in [-0.3, -0.25) is 9.69 Å². The standard InChI is InChI=1S/C14H18FN3O3/c1-10-8-11(2-3-12(10)15)16-14(21)18-6-4-17(5-7-18)9-13(19)20/h2-3,8H,4-7,9H2,1H3,(H,16,21)(H,19,20). The lowest BCUT2D eigenvalue weighted by Gasteiger charge is -2.33. The number of urea groups is 1. The first-order chi connectivity index (χ1) is 9.95. The maximum Gasteiger partial charge on any atom is 0.321 e. The van der Waals surface area contributed by atoms with Gasteiger partial charge in [-0.2, -0.15) is 0 Å². The fourth-order valence-electron chi connectivity index (χ4n) is 2.23. The summed E-state index contributed by atoms with van der Waals surface area (Å²) in [6, 6.07) is 4.15. The van der Waals surface area contributed by atoms with Gasteiger partial charge >= 0.3 is 12.0 Å². The van der Waals surface area contributed by atoms with Crippen LogP contribution in [0.3, 0.4) is 0 Å². The molecule has 2 rings (SSSR count). The minimum atomic E-state index is -0.866. The van der Waals surface area contributed by atoms with Gasteiger partial charge in [-0.15, -0.1) is 0 Å². The Morgan fingerprint density at radius 3 is 2.52 bits per heavy atom. The van der Waals surface area contributed by atoms with Gasteiger partial charge in [-0.05, 0) is 30.7 Å². The summed E-state index contributed by atoms with van der Waals surface area (Å²) in [6.07, 6.45) is 0. The summed E-state index contributed by atoms with van der Waals surface area (Å²) >= 11 is 0. The van der Waals surface area contributed by atoms with E-state index < -0.39 is 5.97 Å². The second-order valence-corrected chi connectivity index (χ2v) is 5.05. The third-order valence-corrected chi connectivity index (χ3v) is 3.43. The van der Waals surface area contributed by atoms with Crippen LogP contribution in [0.15, 0.2) is 18.2 Å². The average molecular weight is 295 g/mol. The molecule has 1 aromatic rings. The van der Waals surface area contributed by atoms with Gasteiger partial charge in [-0.1, -0.05) is 0 Å². The molecule has 6 nitrogen and oxygen atoms in total. The maximum atomic E-state index is 13.2. The number of carboxylic acids is 1. The van der Waals surface area contributed by atoms with Crippen LogP contribution in [-0.4, -0.2) is 59.6 Å². The number of aliphatic carboxylic acids is 1. The van der Waals surface area contributed by atoms with Crippen molar-refractivity contribution in [3.05, 3.63) is 29.6 Å². The number of nitrogens with zero attached hydrogens (tertiary/aromatic N) is 2. The lowest BCUT2D eigenvalue weighted by atomic mass is 10.2. The SMILES string of the molecule is Cc1cc(NC(=O)N2CCN(CC(=O)O)CC2)ccc1F. The molecular formula is C14H18FN3O3. The highest BCUT2D eigenvalue weighted by molar-refractivity contribution is 5.89. The van der Waals surface area contributed by atoms with E-state index in [1.807, 2.05) is 0 Å². The maximum absolute atomic E-state index is 13.2. The molecule has 2 amide bonds. The predicted octanol–water partition coefficient (Wildman–Crippen LogP) is 1.37. The summed E-state index contributed by atoms with van der Waals surface area (Å²) in [7, 11) is 0. The summed E-state index contributed by atoms with van der Waals surface area (Å²) in [5.74, 6) is -1.18. The summed E-state index contributed by atoms with van der Waals surface area (Å²) in [4.78, 5) is 26.1. The van der Waals surface area contributed by atoms with Gasteiger partial charge in [0, 0.05) is 31.9 Å². The molecule has 0 aromatic heterocycles. The molecule has 1 aromatic carbocycles. The number of carbonyl (C=O) groups excluding carboxylic acids is 1. The van der Waals surface area contributed by atoms with E-state index in [-0.39, 0.29) is 18.4 Å². The fraction of sp³-hybridized carbons (Fsp3) is 0.429. The number of aryl methyl sites for hydroxylation is 1. The number of carboxylic acid groups (broad SMARTS) is 1. The van der Waals surface area contributed by atoms with Gasteiger partial charge in [0.05, 0.1) is 6.54 Å². The minimum absolute atomic E-state index is 0.00733. The second kappa shape index (κ2) is 6.53. The van der Waals surface area contributed by atoms with Crippen LogP contribution in [0.5, 0.6) is 0 Å². The highest BCUT2D eigenvalue weighted by Crippen LogP contribution is 2.14. The van der Waals surface area contributed by atoms with Crippen molar-refractivity contribution in [2.75, 3.05) is 38.0 Å². The first kappa shape index (κ1) is 15.2. The third-order valence-electron chi connectivity index (χ3n) is 3.43. The topological polar surface area (TPSA) is 72.9 Å². The van der Waals surface area contributed by atoms with E-state index in [2.05, 4.69) is 5.32 Å². The summed E-state index contributed by atoms with van der Waals surface area (Å²) in [5, 5.41) is 11.4. The quantitative estimate of drug-likeness (QED) is 0.883. The van der Waals surface area contributed by atoms with E-state index in [0.29, 0.717) is 37.4 Å². The molecule has 0 unspecified atom stereocenters. The number of benzene rings is 1. The predicted molar refractivity (Wildman–Crippen MR) is 75.8 cm³/mol. The molecule has 0 spiro atoms. The molecule has 2 N–H and O–H groups in total. The average Bonchev–Trinajstić information content (AvgIpc) is 2.43. The normalized spacial score (nSPS) is 15.8. The molecule has 21 heavy (non-hydrogen) atoms. The monoisotopic (exact) mass is 295 g/mol. The van der Waals surface area contributed by atoms with Crippen LogP contribution >= 0.6 is 0 Å². The van der Waals surface area contributed by atoms with Gasteiger partial charge in [-0.25, -0.2) is 9.18 Å². The first-order valence-electron chi connectivity index (χ1n) is 6.72. The summed E-state index contributed by atoms with van der Waals surface area (Å²) in [5.41, 5.74) is 1.02. The van der Waals surface area contributed by atoms with Gasteiger partial charge in [0.1, 0.15) is 5.82 Å². The van der Waals surface area contributed by atoms with Crippen molar-refractivity contribution < 1.29 is 19.1 Å². The zero-order chi connectivity index (χ0) is 15.4. The Kier molecular flexibility index (Phi) is 4.74. The van der Waals surface area contributed by atoms with Crippen molar-refractivity contribution in [2.24, 2.45) is 0 Å². The van der Waals surface area contributed by atoms with Gasteiger partial charge in [0.2, 0.25) is 0 Å². The number of carbonyl (C=O) groups is 2. The molecule has 1 aliphatic heterocycles. The number of hydrogen-bond donors (Lipinski definition) is 2. The highest BCUT2D eigenvalue weighted by atomic mass is 19.1. The van der Waals surface area contributed by atoms with Gasteiger partial charge < -0.3 is 15.3 Å². The molecule has 0 radical (unpaired) electrons. The zero-order valence-corrected chi connectivity index (χ0v) is 11.8. The molecule has 1 aliphatic rings. The molecule has 0 aliphatic carbocycles. The molecular weight excluding hydrogens is 277 g/mol.